The van der Waals surface area contributed by atoms with Crippen LogP contribution in [0.15, 0.2) is 0 Å². The van der Waals surface area contributed by atoms with E-state index in [2.05, 4.69) is 4.90 Å². The van der Waals surface area contributed by atoms with E-state index in [1.54, 1.807) is 0 Å². The molecule has 2 aliphatic rings. The first-order valence-corrected chi connectivity index (χ1v) is 6.81. The Hall–Kier alpha value is -0.120. The Kier molecular flexibility index (Phi) is 4.62. The summed E-state index contributed by atoms with van der Waals surface area (Å²) in [6.07, 6.45) is 6.57. The third-order valence-electron chi connectivity index (χ3n) is 4.08. The van der Waals surface area contributed by atoms with Gasteiger partial charge in [0, 0.05) is 19.2 Å². The summed E-state index contributed by atoms with van der Waals surface area (Å²) in [5.41, 5.74) is 0. The Morgan fingerprint density at radius 2 is 2.12 bits per heavy atom. The van der Waals surface area contributed by atoms with Gasteiger partial charge in [-0.05, 0) is 38.6 Å². The number of hydrogen-bond acceptors (Lipinski definition) is 3. The fourth-order valence-electron chi connectivity index (χ4n) is 3.31. The highest BCUT2D eigenvalue weighted by Gasteiger charge is 2.35. The molecule has 1 aliphatic heterocycles. The van der Waals surface area contributed by atoms with E-state index < -0.39 is 0 Å². The van der Waals surface area contributed by atoms with Gasteiger partial charge in [0.2, 0.25) is 0 Å². The zero-order valence-corrected chi connectivity index (χ0v) is 10.4. The molecule has 0 spiro atoms. The van der Waals surface area contributed by atoms with Crippen molar-refractivity contribution in [2.45, 2.75) is 51.2 Å². The molecule has 1 N–H and O–H groups in total. The van der Waals surface area contributed by atoms with Gasteiger partial charge in [0.15, 0.2) is 0 Å². The molecule has 3 heteroatoms. The number of likely N-dealkylation sites (tertiary alicyclic amines) is 1. The smallest absolute Gasteiger partial charge is 0.0900 e. The number of aliphatic hydroxyl groups is 1. The average molecular weight is 227 g/mol. The lowest BCUT2D eigenvalue weighted by molar-refractivity contribution is 0.0145. The number of hydrogen-bond donors (Lipinski definition) is 1. The Morgan fingerprint density at radius 3 is 2.94 bits per heavy atom. The molecule has 1 aliphatic carbocycles. The first kappa shape index (κ1) is 12.3. The quantitative estimate of drug-likeness (QED) is 0.775. The molecule has 0 radical (unpaired) electrons. The lowest BCUT2D eigenvalue weighted by Crippen LogP contribution is -2.40. The monoisotopic (exact) mass is 227 g/mol. The van der Waals surface area contributed by atoms with Crippen molar-refractivity contribution in [3.63, 3.8) is 0 Å². The first-order valence-electron chi connectivity index (χ1n) is 6.81. The summed E-state index contributed by atoms with van der Waals surface area (Å²) in [5, 5.41) is 9.86. The number of rotatable bonds is 5. The second-order valence-electron chi connectivity index (χ2n) is 5.21. The van der Waals surface area contributed by atoms with Gasteiger partial charge < -0.3 is 9.84 Å². The van der Waals surface area contributed by atoms with Gasteiger partial charge in [-0.3, -0.25) is 4.90 Å². The summed E-state index contributed by atoms with van der Waals surface area (Å²) in [6.45, 7) is 5.15. The van der Waals surface area contributed by atoms with E-state index >= 15 is 0 Å². The SMILES string of the molecule is CCOCC(O)CN1CCC2CCCCC21. The standard InChI is InChI=1S/C13H25NO2/c1-2-16-10-12(15)9-14-8-7-11-5-3-4-6-13(11)14/h11-13,15H,2-10H2,1H3. The van der Waals surface area contributed by atoms with E-state index in [9.17, 15) is 5.11 Å². The third-order valence-corrected chi connectivity index (χ3v) is 4.08. The van der Waals surface area contributed by atoms with Crippen LogP contribution in [0.3, 0.4) is 0 Å². The molecule has 2 rings (SSSR count). The minimum Gasteiger partial charge on any atom is -0.389 e. The second kappa shape index (κ2) is 5.99. The van der Waals surface area contributed by atoms with Crippen molar-refractivity contribution in [3.8, 4) is 0 Å². The molecule has 3 atom stereocenters. The van der Waals surface area contributed by atoms with E-state index in [1.165, 1.54) is 38.6 Å². The first-order chi connectivity index (χ1) is 7.81. The molecule has 16 heavy (non-hydrogen) atoms. The van der Waals surface area contributed by atoms with Crippen LogP contribution in [0.2, 0.25) is 0 Å². The number of fused-ring (bicyclic) bond motifs is 1. The average Bonchev–Trinajstić information content (AvgIpc) is 2.70. The van der Waals surface area contributed by atoms with Crippen LogP contribution < -0.4 is 0 Å². The number of ether oxygens (including phenoxy) is 1. The van der Waals surface area contributed by atoms with E-state index in [0.29, 0.717) is 13.2 Å². The molecule has 1 heterocycles. The van der Waals surface area contributed by atoms with Crippen molar-refractivity contribution >= 4 is 0 Å². The van der Waals surface area contributed by atoms with Gasteiger partial charge in [0.05, 0.1) is 12.7 Å². The van der Waals surface area contributed by atoms with Crippen molar-refractivity contribution < 1.29 is 9.84 Å². The number of nitrogens with zero attached hydrogens (tertiary/aromatic N) is 1. The summed E-state index contributed by atoms with van der Waals surface area (Å²) in [5.74, 6) is 0.910. The van der Waals surface area contributed by atoms with Crippen LogP contribution in [0.25, 0.3) is 0 Å². The topological polar surface area (TPSA) is 32.7 Å². The summed E-state index contributed by atoms with van der Waals surface area (Å²) in [7, 11) is 0. The maximum absolute atomic E-state index is 9.86. The highest BCUT2D eigenvalue weighted by molar-refractivity contribution is 4.90. The Labute approximate surface area is 98.8 Å². The van der Waals surface area contributed by atoms with Gasteiger partial charge in [0.25, 0.3) is 0 Å². The van der Waals surface area contributed by atoms with Crippen molar-refractivity contribution in [2.75, 3.05) is 26.3 Å². The van der Waals surface area contributed by atoms with Gasteiger partial charge in [-0.2, -0.15) is 0 Å². The molecule has 0 bridgehead atoms. The molecule has 2 fully saturated rings. The third kappa shape index (κ3) is 2.96. The van der Waals surface area contributed by atoms with Gasteiger partial charge in [0.1, 0.15) is 0 Å². The molecule has 94 valence electrons. The van der Waals surface area contributed by atoms with Crippen LogP contribution >= 0.6 is 0 Å². The van der Waals surface area contributed by atoms with Crippen LogP contribution in [-0.4, -0.2) is 48.5 Å². The minimum atomic E-state index is -0.305. The van der Waals surface area contributed by atoms with E-state index in [0.717, 1.165) is 18.5 Å². The fourth-order valence-corrected chi connectivity index (χ4v) is 3.31. The Balaban J connectivity index is 1.76. The predicted octanol–water partition coefficient (Wildman–Crippen LogP) is 1.65. The maximum atomic E-state index is 9.86. The lowest BCUT2D eigenvalue weighted by Gasteiger charge is -2.32. The molecular weight excluding hydrogens is 202 g/mol. The predicted molar refractivity (Wildman–Crippen MR) is 64.4 cm³/mol. The van der Waals surface area contributed by atoms with Crippen LogP contribution in [0.5, 0.6) is 0 Å². The zero-order valence-electron chi connectivity index (χ0n) is 10.4. The van der Waals surface area contributed by atoms with E-state index in [-0.39, 0.29) is 6.10 Å². The molecule has 1 saturated carbocycles. The van der Waals surface area contributed by atoms with Crippen LogP contribution in [0.4, 0.5) is 0 Å². The van der Waals surface area contributed by atoms with E-state index in [4.69, 9.17) is 4.74 Å². The fraction of sp³-hybridized carbons (Fsp3) is 1.00. The van der Waals surface area contributed by atoms with Crippen molar-refractivity contribution in [1.29, 1.82) is 0 Å². The number of β-amino-alcohol motifs (C(OH)–C–C–N with tert-alkyl or cyclic N) is 1. The van der Waals surface area contributed by atoms with Crippen molar-refractivity contribution in [3.05, 3.63) is 0 Å². The highest BCUT2D eigenvalue weighted by atomic mass is 16.5. The summed E-state index contributed by atoms with van der Waals surface area (Å²) in [4.78, 5) is 2.49. The zero-order chi connectivity index (χ0) is 11.4. The highest BCUT2D eigenvalue weighted by Crippen LogP contribution is 2.35. The van der Waals surface area contributed by atoms with E-state index in [1.807, 2.05) is 6.92 Å². The molecule has 3 nitrogen and oxygen atoms in total. The largest absolute Gasteiger partial charge is 0.389 e. The molecular formula is C13H25NO2. The van der Waals surface area contributed by atoms with Crippen molar-refractivity contribution in [2.24, 2.45) is 5.92 Å². The van der Waals surface area contributed by atoms with Gasteiger partial charge >= 0.3 is 0 Å². The Morgan fingerprint density at radius 1 is 1.31 bits per heavy atom. The maximum Gasteiger partial charge on any atom is 0.0900 e. The summed E-state index contributed by atoms with van der Waals surface area (Å²) in [6, 6.07) is 0.755. The molecule has 0 aromatic carbocycles. The minimum absolute atomic E-state index is 0.305. The van der Waals surface area contributed by atoms with Gasteiger partial charge in [-0.25, -0.2) is 0 Å². The van der Waals surface area contributed by atoms with Crippen LogP contribution in [0, 0.1) is 5.92 Å². The molecule has 1 saturated heterocycles. The molecule has 3 unspecified atom stereocenters. The molecule has 0 aromatic rings. The van der Waals surface area contributed by atoms with Crippen LogP contribution in [-0.2, 0) is 4.74 Å². The van der Waals surface area contributed by atoms with Crippen LogP contribution in [0.1, 0.15) is 39.0 Å². The summed E-state index contributed by atoms with van der Waals surface area (Å²) < 4.78 is 5.26. The lowest BCUT2D eigenvalue weighted by atomic mass is 9.85. The van der Waals surface area contributed by atoms with Gasteiger partial charge in [-0.1, -0.05) is 12.8 Å². The van der Waals surface area contributed by atoms with Gasteiger partial charge in [-0.15, -0.1) is 0 Å². The summed E-state index contributed by atoms with van der Waals surface area (Å²) >= 11 is 0. The normalized spacial score (nSPS) is 32.6. The number of aliphatic hydroxyl groups excluding tert-OH is 1. The Bertz CT molecular complexity index is 210. The molecule has 0 aromatic heterocycles. The van der Waals surface area contributed by atoms with Crippen molar-refractivity contribution in [1.82, 2.24) is 4.90 Å². The second-order valence-corrected chi connectivity index (χ2v) is 5.21. The molecule has 0 amide bonds.